The molecule has 0 aliphatic heterocycles. The Balaban J connectivity index is 2.68. The molecule has 0 radical (unpaired) electrons. The number of carbonyl (C=O) groups excluding carboxylic acids is 1. The average molecular weight is 232 g/mol. The summed E-state index contributed by atoms with van der Waals surface area (Å²) < 4.78 is 0. The molecule has 1 atom stereocenters. The van der Waals surface area contributed by atoms with Gasteiger partial charge in [-0.2, -0.15) is 0 Å². The summed E-state index contributed by atoms with van der Waals surface area (Å²) in [6.45, 7) is 10.4. The van der Waals surface area contributed by atoms with Crippen LogP contribution in [0.4, 0.5) is 0 Å². The standard InChI is InChI=1S/C16H24O/c1-5-6-9-14(17)10-11-15-13(2)8-7-12-16(15,3)4/h5,8,10-11,15H,1,6-7,9,12H2,2-4H3/t15-/m1/s1. The molecule has 1 rings (SSSR count). The van der Waals surface area contributed by atoms with Gasteiger partial charge in [-0.1, -0.05) is 37.6 Å². The van der Waals surface area contributed by atoms with Crippen molar-refractivity contribution in [3.8, 4) is 0 Å². The minimum Gasteiger partial charge on any atom is -0.295 e. The van der Waals surface area contributed by atoms with E-state index in [1.807, 2.05) is 0 Å². The highest BCUT2D eigenvalue weighted by molar-refractivity contribution is 5.89. The molecule has 0 unspecified atom stereocenters. The van der Waals surface area contributed by atoms with Gasteiger partial charge >= 0.3 is 0 Å². The molecule has 0 amide bonds. The first-order valence-corrected chi connectivity index (χ1v) is 6.46. The van der Waals surface area contributed by atoms with Crippen molar-refractivity contribution < 1.29 is 4.79 Å². The van der Waals surface area contributed by atoms with E-state index in [-0.39, 0.29) is 11.2 Å². The van der Waals surface area contributed by atoms with E-state index in [0.29, 0.717) is 12.3 Å². The van der Waals surface area contributed by atoms with E-state index < -0.39 is 0 Å². The van der Waals surface area contributed by atoms with Crippen molar-refractivity contribution in [3.63, 3.8) is 0 Å². The van der Waals surface area contributed by atoms with E-state index in [9.17, 15) is 4.79 Å². The van der Waals surface area contributed by atoms with Crippen LogP contribution < -0.4 is 0 Å². The van der Waals surface area contributed by atoms with E-state index in [2.05, 4.69) is 39.5 Å². The Bertz CT molecular complexity index is 345. The summed E-state index contributed by atoms with van der Waals surface area (Å²) in [6, 6.07) is 0. The predicted octanol–water partition coefficient (Wildman–Crippen LogP) is 4.46. The SMILES string of the molecule is C=CCCC(=O)C=C[C@@H]1C(C)=CCCC1(C)C. The highest BCUT2D eigenvalue weighted by Gasteiger charge is 2.30. The Kier molecular flexibility index (Phi) is 4.92. The smallest absolute Gasteiger partial charge is 0.155 e. The number of carbonyl (C=O) groups is 1. The van der Waals surface area contributed by atoms with Crippen LogP contribution in [0.3, 0.4) is 0 Å². The van der Waals surface area contributed by atoms with Gasteiger partial charge in [0.1, 0.15) is 0 Å². The van der Waals surface area contributed by atoms with Crippen molar-refractivity contribution in [2.24, 2.45) is 11.3 Å². The molecule has 0 N–H and O–H groups in total. The molecule has 0 fully saturated rings. The molecule has 17 heavy (non-hydrogen) atoms. The van der Waals surface area contributed by atoms with Gasteiger partial charge in [0.05, 0.1) is 0 Å². The van der Waals surface area contributed by atoms with Crippen LogP contribution in [0.1, 0.15) is 46.5 Å². The molecule has 94 valence electrons. The normalized spacial score (nSPS) is 23.5. The maximum atomic E-state index is 11.6. The molecule has 0 saturated heterocycles. The van der Waals surface area contributed by atoms with Crippen LogP contribution >= 0.6 is 0 Å². The van der Waals surface area contributed by atoms with E-state index >= 15 is 0 Å². The highest BCUT2D eigenvalue weighted by atomic mass is 16.1. The fraction of sp³-hybridized carbons (Fsp3) is 0.562. The number of allylic oxidation sites excluding steroid dienone is 5. The zero-order chi connectivity index (χ0) is 12.9. The van der Waals surface area contributed by atoms with E-state index in [1.165, 1.54) is 12.0 Å². The van der Waals surface area contributed by atoms with Crippen LogP contribution in [-0.4, -0.2) is 5.78 Å². The summed E-state index contributed by atoms with van der Waals surface area (Å²) in [7, 11) is 0. The van der Waals surface area contributed by atoms with Gasteiger partial charge in [-0.3, -0.25) is 4.79 Å². The van der Waals surface area contributed by atoms with Crippen LogP contribution in [0.25, 0.3) is 0 Å². The van der Waals surface area contributed by atoms with E-state index in [0.717, 1.165) is 12.8 Å². The van der Waals surface area contributed by atoms with Crippen LogP contribution in [-0.2, 0) is 4.79 Å². The van der Waals surface area contributed by atoms with Gasteiger partial charge in [0.2, 0.25) is 0 Å². The second-order valence-electron chi connectivity index (χ2n) is 5.61. The Morgan fingerprint density at radius 1 is 1.59 bits per heavy atom. The van der Waals surface area contributed by atoms with Crippen LogP contribution in [0.2, 0.25) is 0 Å². The molecule has 0 bridgehead atoms. The molecule has 1 heteroatoms. The van der Waals surface area contributed by atoms with E-state index in [1.54, 1.807) is 12.2 Å². The van der Waals surface area contributed by atoms with Gasteiger partial charge in [0, 0.05) is 12.3 Å². The second kappa shape index (κ2) is 6.00. The Labute approximate surface area is 105 Å². The van der Waals surface area contributed by atoms with E-state index in [4.69, 9.17) is 0 Å². The molecule has 1 nitrogen and oxygen atoms in total. The minimum atomic E-state index is 0.207. The molecule has 0 spiro atoms. The summed E-state index contributed by atoms with van der Waals surface area (Å²) in [6.07, 6.45) is 11.7. The number of ketones is 1. The third kappa shape index (κ3) is 3.99. The maximum absolute atomic E-state index is 11.6. The monoisotopic (exact) mass is 232 g/mol. The van der Waals surface area contributed by atoms with Crippen LogP contribution in [0.15, 0.2) is 36.5 Å². The van der Waals surface area contributed by atoms with Crippen LogP contribution in [0, 0.1) is 11.3 Å². The first-order chi connectivity index (χ1) is 7.97. The van der Waals surface area contributed by atoms with Gasteiger partial charge in [0.25, 0.3) is 0 Å². The van der Waals surface area contributed by atoms with Gasteiger partial charge in [-0.15, -0.1) is 6.58 Å². The van der Waals surface area contributed by atoms with Crippen molar-refractivity contribution in [1.82, 2.24) is 0 Å². The summed E-state index contributed by atoms with van der Waals surface area (Å²) in [5.41, 5.74) is 1.67. The van der Waals surface area contributed by atoms with Gasteiger partial charge < -0.3 is 0 Å². The molecule has 0 saturated carbocycles. The van der Waals surface area contributed by atoms with Crippen molar-refractivity contribution in [1.29, 1.82) is 0 Å². The molecular formula is C16H24O. The molecule has 0 aromatic heterocycles. The largest absolute Gasteiger partial charge is 0.295 e. The first-order valence-electron chi connectivity index (χ1n) is 6.46. The third-order valence-electron chi connectivity index (χ3n) is 3.66. The lowest BCUT2D eigenvalue weighted by atomic mass is 9.68. The van der Waals surface area contributed by atoms with Crippen LogP contribution in [0.5, 0.6) is 0 Å². The zero-order valence-corrected chi connectivity index (χ0v) is 11.3. The molecule has 1 aliphatic carbocycles. The zero-order valence-electron chi connectivity index (χ0n) is 11.3. The quantitative estimate of drug-likeness (QED) is 0.505. The average Bonchev–Trinajstić information content (AvgIpc) is 2.24. The Morgan fingerprint density at radius 3 is 2.88 bits per heavy atom. The van der Waals surface area contributed by atoms with Crippen molar-refractivity contribution >= 4 is 5.78 Å². The summed E-state index contributed by atoms with van der Waals surface area (Å²) in [4.78, 5) is 11.6. The van der Waals surface area contributed by atoms with Crippen molar-refractivity contribution in [2.75, 3.05) is 0 Å². The minimum absolute atomic E-state index is 0.207. The first kappa shape index (κ1) is 14.0. The van der Waals surface area contributed by atoms with Gasteiger partial charge in [-0.25, -0.2) is 0 Å². The molecule has 0 aromatic rings. The topological polar surface area (TPSA) is 17.1 Å². The van der Waals surface area contributed by atoms with Gasteiger partial charge in [0.15, 0.2) is 5.78 Å². The molecular weight excluding hydrogens is 208 g/mol. The summed E-state index contributed by atoms with van der Waals surface area (Å²) in [5.74, 6) is 0.614. The predicted molar refractivity (Wildman–Crippen MR) is 73.8 cm³/mol. The fourth-order valence-corrected chi connectivity index (χ4v) is 2.51. The Morgan fingerprint density at radius 2 is 2.29 bits per heavy atom. The highest BCUT2D eigenvalue weighted by Crippen LogP contribution is 2.41. The molecule has 1 aliphatic rings. The molecule has 0 aromatic carbocycles. The molecule has 0 heterocycles. The summed E-state index contributed by atoms with van der Waals surface area (Å²) in [5, 5.41) is 0. The maximum Gasteiger partial charge on any atom is 0.155 e. The third-order valence-corrected chi connectivity index (χ3v) is 3.66. The lowest BCUT2D eigenvalue weighted by Crippen LogP contribution is -2.26. The number of hydrogen-bond acceptors (Lipinski definition) is 1. The van der Waals surface area contributed by atoms with Crippen molar-refractivity contribution in [3.05, 3.63) is 36.5 Å². The Hall–Kier alpha value is -1.11. The summed E-state index contributed by atoms with van der Waals surface area (Å²) >= 11 is 0. The lowest BCUT2D eigenvalue weighted by Gasteiger charge is -2.36. The number of rotatable bonds is 5. The van der Waals surface area contributed by atoms with Gasteiger partial charge in [-0.05, 0) is 37.7 Å². The number of hydrogen-bond donors (Lipinski definition) is 0. The van der Waals surface area contributed by atoms with Crippen molar-refractivity contribution in [2.45, 2.75) is 46.5 Å². The second-order valence-corrected chi connectivity index (χ2v) is 5.61. The lowest BCUT2D eigenvalue weighted by molar-refractivity contribution is -0.114. The fourth-order valence-electron chi connectivity index (χ4n) is 2.51.